The van der Waals surface area contributed by atoms with Crippen LogP contribution in [0.15, 0.2) is 17.5 Å². The van der Waals surface area contributed by atoms with E-state index in [2.05, 4.69) is 22.4 Å². The number of rotatable bonds is 1. The van der Waals surface area contributed by atoms with Crippen molar-refractivity contribution in [2.45, 2.75) is 12.3 Å². The lowest BCUT2D eigenvalue weighted by Gasteiger charge is -2.14. The molecule has 0 radical (unpaired) electrons. The highest BCUT2D eigenvalue weighted by Gasteiger charge is 2.24. The zero-order valence-corrected chi connectivity index (χ0v) is 8.90. The van der Waals surface area contributed by atoms with E-state index < -0.39 is 0 Å². The summed E-state index contributed by atoms with van der Waals surface area (Å²) >= 11 is 6.77. The molecule has 13 heavy (non-hydrogen) atoms. The highest BCUT2D eigenvalue weighted by Crippen LogP contribution is 2.29. The first-order valence-electron chi connectivity index (χ1n) is 4.35. The summed E-state index contributed by atoms with van der Waals surface area (Å²) in [4.78, 5) is 3.54. The van der Waals surface area contributed by atoms with E-state index in [0.29, 0.717) is 11.0 Å². The van der Waals surface area contributed by atoms with Gasteiger partial charge in [0.1, 0.15) is 0 Å². The summed E-state index contributed by atoms with van der Waals surface area (Å²) in [5.41, 5.74) is 5.57. The molecule has 1 unspecified atom stereocenters. The quantitative estimate of drug-likeness (QED) is 0.720. The number of nitrogens with two attached hydrogens (primary N) is 1. The van der Waals surface area contributed by atoms with E-state index in [1.54, 1.807) is 0 Å². The molecule has 1 aliphatic rings. The van der Waals surface area contributed by atoms with Gasteiger partial charge in [-0.3, -0.25) is 0 Å². The Morgan fingerprint density at radius 3 is 3.08 bits per heavy atom. The fourth-order valence-corrected chi connectivity index (χ4v) is 2.74. The number of hydrogen-bond acceptors (Lipinski definition) is 2. The molecule has 0 aliphatic carbocycles. The van der Waals surface area contributed by atoms with E-state index in [1.807, 2.05) is 11.3 Å². The molecule has 4 heteroatoms. The third-order valence-electron chi connectivity index (χ3n) is 2.45. The molecule has 0 amide bonds. The minimum absolute atomic E-state index is 0.541. The molecule has 0 bridgehead atoms. The van der Waals surface area contributed by atoms with Crippen LogP contribution >= 0.6 is 23.6 Å². The van der Waals surface area contributed by atoms with Crippen LogP contribution in [0.5, 0.6) is 0 Å². The third-order valence-corrected chi connectivity index (χ3v) is 3.74. The van der Waals surface area contributed by atoms with Crippen molar-refractivity contribution in [3.63, 3.8) is 0 Å². The molecule has 1 aromatic rings. The summed E-state index contributed by atoms with van der Waals surface area (Å²) in [6.07, 6.45) is 1.18. The molecule has 0 spiro atoms. The van der Waals surface area contributed by atoms with Crippen molar-refractivity contribution in [2.24, 2.45) is 5.73 Å². The number of thiocarbonyl (C=S) groups is 1. The van der Waals surface area contributed by atoms with Gasteiger partial charge in [0.05, 0.1) is 0 Å². The summed E-state index contributed by atoms with van der Waals surface area (Å²) in [5, 5.41) is 2.66. The van der Waals surface area contributed by atoms with E-state index in [0.717, 1.165) is 13.1 Å². The molecule has 1 saturated heterocycles. The first kappa shape index (κ1) is 8.97. The number of hydrogen-bond donors (Lipinski definition) is 1. The summed E-state index contributed by atoms with van der Waals surface area (Å²) in [6.45, 7) is 2.01. The molecule has 2 nitrogen and oxygen atoms in total. The normalized spacial score (nSPS) is 22.2. The number of likely N-dealkylation sites (tertiary alicyclic amines) is 1. The zero-order valence-electron chi connectivity index (χ0n) is 7.27. The molecule has 2 heterocycles. The molecule has 1 atom stereocenters. The van der Waals surface area contributed by atoms with Gasteiger partial charge in [-0.25, -0.2) is 0 Å². The molecule has 1 fully saturated rings. The molecular weight excluding hydrogens is 200 g/mol. The van der Waals surface area contributed by atoms with Gasteiger partial charge in [-0.15, -0.1) is 11.3 Å². The van der Waals surface area contributed by atoms with E-state index in [-0.39, 0.29) is 0 Å². The first-order valence-corrected chi connectivity index (χ1v) is 5.64. The Morgan fingerprint density at radius 1 is 1.69 bits per heavy atom. The Kier molecular flexibility index (Phi) is 2.51. The number of nitrogens with zero attached hydrogens (tertiary/aromatic N) is 1. The maximum Gasteiger partial charge on any atom is 0.166 e. The van der Waals surface area contributed by atoms with E-state index in [1.165, 1.54) is 11.3 Å². The second kappa shape index (κ2) is 3.64. The summed E-state index contributed by atoms with van der Waals surface area (Å²) < 4.78 is 0. The molecule has 1 aromatic heterocycles. The number of thiophene rings is 1. The molecular formula is C9H12N2S2. The highest BCUT2D eigenvalue weighted by atomic mass is 32.1. The van der Waals surface area contributed by atoms with Crippen LogP contribution in [0.25, 0.3) is 0 Å². The fourth-order valence-electron chi connectivity index (χ4n) is 1.72. The summed E-state index contributed by atoms with van der Waals surface area (Å²) in [7, 11) is 0. The Balaban J connectivity index is 2.03. The van der Waals surface area contributed by atoms with Crippen LogP contribution in [0.4, 0.5) is 0 Å². The molecule has 0 aromatic carbocycles. The lowest BCUT2D eigenvalue weighted by Crippen LogP contribution is -2.33. The molecule has 0 saturated carbocycles. The van der Waals surface area contributed by atoms with Gasteiger partial charge in [0.15, 0.2) is 5.11 Å². The minimum atomic E-state index is 0.541. The standard InChI is InChI=1S/C9H12N2S2/c10-9(12)11-4-3-7(6-11)8-2-1-5-13-8/h1-2,5,7H,3-4,6H2,(H2,10,12). The van der Waals surface area contributed by atoms with Crippen molar-refractivity contribution >= 4 is 28.7 Å². The van der Waals surface area contributed by atoms with E-state index in [9.17, 15) is 0 Å². The van der Waals surface area contributed by atoms with Crippen molar-refractivity contribution in [3.8, 4) is 0 Å². The summed E-state index contributed by atoms with van der Waals surface area (Å²) in [5.74, 6) is 0.640. The van der Waals surface area contributed by atoms with Crippen LogP contribution in [-0.4, -0.2) is 23.1 Å². The average Bonchev–Trinajstić information content (AvgIpc) is 2.75. The minimum Gasteiger partial charge on any atom is -0.376 e. The largest absolute Gasteiger partial charge is 0.376 e. The van der Waals surface area contributed by atoms with Gasteiger partial charge in [-0.2, -0.15) is 0 Å². The van der Waals surface area contributed by atoms with Crippen molar-refractivity contribution in [1.29, 1.82) is 0 Å². The second-order valence-electron chi connectivity index (χ2n) is 3.29. The zero-order chi connectivity index (χ0) is 9.26. The lowest BCUT2D eigenvalue weighted by molar-refractivity contribution is 0.515. The van der Waals surface area contributed by atoms with E-state index in [4.69, 9.17) is 18.0 Å². The van der Waals surface area contributed by atoms with Crippen LogP contribution in [0.3, 0.4) is 0 Å². The van der Waals surface area contributed by atoms with Crippen LogP contribution < -0.4 is 5.73 Å². The van der Waals surface area contributed by atoms with Crippen LogP contribution in [0.2, 0.25) is 0 Å². The summed E-state index contributed by atoms with van der Waals surface area (Å²) in [6, 6.07) is 4.29. The Labute approximate surface area is 87.3 Å². The SMILES string of the molecule is NC(=S)N1CCC(c2cccs2)C1. The van der Waals surface area contributed by atoms with Crippen LogP contribution in [0.1, 0.15) is 17.2 Å². The smallest absolute Gasteiger partial charge is 0.166 e. The fraction of sp³-hybridized carbons (Fsp3) is 0.444. The molecule has 2 N–H and O–H groups in total. The van der Waals surface area contributed by atoms with Crippen LogP contribution in [0, 0.1) is 0 Å². The molecule has 2 rings (SSSR count). The predicted molar refractivity (Wildman–Crippen MR) is 60.0 cm³/mol. The maximum atomic E-state index is 5.57. The second-order valence-corrected chi connectivity index (χ2v) is 4.68. The van der Waals surface area contributed by atoms with Gasteiger partial charge in [-0.05, 0) is 30.1 Å². The first-order chi connectivity index (χ1) is 6.27. The van der Waals surface area contributed by atoms with Gasteiger partial charge in [0.2, 0.25) is 0 Å². The lowest BCUT2D eigenvalue weighted by atomic mass is 10.1. The Morgan fingerprint density at radius 2 is 2.54 bits per heavy atom. The van der Waals surface area contributed by atoms with Crippen molar-refractivity contribution in [1.82, 2.24) is 4.90 Å². The van der Waals surface area contributed by atoms with Gasteiger partial charge < -0.3 is 10.6 Å². The van der Waals surface area contributed by atoms with Gasteiger partial charge in [0, 0.05) is 23.9 Å². The Bertz CT molecular complexity index is 295. The Hall–Kier alpha value is -0.610. The third kappa shape index (κ3) is 1.84. The molecule has 70 valence electrons. The monoisotopic (exact) mass is 212 g/mol. The van der Waals surface area contributed by atoms with Crippen molar-refractivity contribution < 1.29 is 0 Å². The topological polar surface area (TPSA) is 29.3 Å². The van der Waals surface area contributed by atoms with Crippen molar-refractivity contribution in [3.05, 3.63) is 22.4 Å². The van der Waals surface area contributed by atoms with Gasteiger partial charge in [0.25, 0.3) is 0 Å². The van der Waals surface area contributed by atoms with Crippen molar-refractivity contribution in [2.75, 3.05) is 13.1 Å². The average molecular weight is 212 g/mol. The molecule has 1 aliphatic heterocycles. The van der Waals surface area contributed by atoms with Gasteiger partial charge >= 0.3 is 0 Å². The van der Waals surface area contributed by atoms with Gasteiger partial charge in [-0.1, -0.05) is 6.07 Å². The highest BCUT2D eigenvalue weighted by molar-refractivity contribution is 7.80. The maximum absolute atomic E-state index is 5.57. The predicted octanol–water partition coefficient (Wildman–Crippen LogP) is 1.78. The van der Waals surface area contributed by atoms with Crippen LogP contribution in [-0.2, 0) is 0 Å². The van der Waals surface area contributed by atoms with E-state index >= 15 is 0 Å².